The number of unbranched alkanes of at least 4 members (excludes halogenated alkanes) is 8. The highest BCUT2D eigenvalue weighted by atomic mass is 16.5. The summed E-state index contributed by atoms with van der Waals surface area (Å²) in [6, 6.07) is 30.7. The predicted molar refractivity (Wildman–Crippen MR) is 197 cm³/mol. The third-order valence-electron chi connectivity index (χ3n) is 8.25. The van der Waals surface area contributed by atoms with E-state index in [0.29, 0.717) is 60.4 Å². The number of benzene rings is 4. The van der Waals surface area contributed by atoms with Crippen LogP contribution in [0.1, 0.15) is 106 Å². The molecule has 0 amide bonds. The highest BCUT2D eigenvalue weighted by Gasteiger charge is 2.15. The van der Waals surface area contributed by atoms with Gasteiger partial charge in [0.15, 0.2) is 0 Å². The van der Waals surface area contributed by atoms with Gasteiger partial charge in [-0.15, -0.1) is 0 Å². The average Bonchev–Trinajstić information content (AvgIpc) is 3.13. The lowest BCUT2D eigenvalue weighted by atomic mass is 10.1. The summed E-state index contributed by atoms with van der Waals surface area (Å²) in [5.41, 5.74) is 3.31. The summed E-state index contributed by atoms with van der Waals surface area (Å²) in [7, 11) is 0. The molecule has 0 saturated carbocycles. The van der Waals surface area contributed by atoms with Crippen LogP contribution in [-0.4, -0.2) is 17.7 Å². The Hall–Kier alpha value is -4.55. The maximum absolute atomic E-state index is 13.0. The lowest BCUT2D eigenvalue weighted by Crippen LogP contribution is -2.09. The number of hydrogen-bond donors (Lipinski definition) is 1. The Kier molecular flexibility index (Phi) is 16.3. The molecule has 260 valence electrons. The molecule has 1 atom stereocenters. The van der Waals surface area contributed by atoms with Crippen LogP contribution in [0.25, 0.3) is 6.08 Å². The minimum absolute atomic E-state index is 0.276. The van der Waals surface area contributed by atoms with Gasteiger partial charge in [0.2, 0.25) is 0 Å². The van der Waals surface area contributed by atoms with Crippen LogP contribution in [0, 0.1) is 0 Å². The van der Waals surface area contributed by atoms with Gasteiger partial charge in [-0.2, -0.15) is 0 Å². The van der Waals surface area contributed by atoms with Crippen molar-refractivity contribution in [2.24, 2.45) is 0 Å². The zero-order chi connectivity index (χ0) is 34.5. The van der Waals surface area contributed by atoms with Crippen molar-refractivity contribution >= 4 is 12.0 Å². The zero-order valence-electron chi connectivity index (χ0n) is 29.2. The summed E-state index contributed by atoms with van der Waals surface area (Å²) < 4.78 is 23.8. The number of aliphatic hydroxyl groups is 1. The summed E-state index contributed by atoms with van der Waals surface area (Å²) in [5.74, 6) is 1.90. The van der Waals surface area contributed by atoms with E-state index in [0.717, 1.165) is 30.4 Å². The summed E-state index contributed by atoms with van der Waals surface area (Å²) in [6.07, 6.45) is 13.4. The Bertz CT molecular complexity index is 1550. The summed E-state index contributed by atoms with van der Waals surface area (Å²) >= 11 is 0. The minimum atomic E-state index is -0.985. The van der Waals surface area contributed by atoms with Crippen LogP contribution >= 0.6 is 0 Å². The molecule has 0 saturated heterocycles. The maximum atomic E-state index is 13.0. The molecule has 0 bridgehead atoms. The molecule has 0 aromatic heterocycles. The Labute approximate surface area is 292 Å². The first-order valence-electron chi connectivity index (χ1n) is 17.9. The fraction of sp³-hybridized carbons (Fsp3) is 0.372. The minimum Gasteiger partial charge on any atom is -0.494 e. The molecule has 4 rings (SSSR count). The standard InChI is InChI=1S/C43H52O6/c1-3-5-6-7-8-9-10-11-18-23-43(45)49-41-30-38(47-32-34-19-14-12-15-20-34)26-24-36(41)25-29-40(44)39-28-27-37(46-4-2)31-42(39)48-33-35-21-16-13-17-22-35/h12-17,19-22,24-31,40,44H,3-11,18,23,32-33H2,1-2H3. The fourth-order valence-corrected chi connectivity index (χ4v) is 5.50. The molecule has 0 spiro atoms. The number of carbonyl (C=O) groups excluding carboxylic acids is 1. The number of rotatable bonds is 22. The van der Waals surface area contributed by atoms with Crippen molar-refractivity contribution in [3.8, 4) is 23.0 Å². The third kappa shape index (κ3) is 13.5. The van der Waals surface area contributed by atoms with Gasteiger partial charge < -0.3 is 24.1 Å². The first kappa shape index (κ1) is 37.3. The number of esters is 1. The molecule has 0 heterocycles. The van der Waals surface area contributed by atoms with Crippen molar-refractivity contribution in [1.29, 1.82) is 0 Å². The van der Waals surface area contributed by atoms with E-state index >= 15 is 0 Å². The van der Waals surface area contributed by atoms with E-state index in [4.69, 9.17) is 18.9 Å². The highest BCUT2D eigenvalue weighted by Crippen LogP contribution is 2.33. The number of carbonyl (C=O) groups is 1. The van der Waals surface area contributed by atoms with Crippen molar-refractivity contribution in [3.63, 3.8) is 0 Å². The van der Waals surface area contributed by atoms with Crippen LogP contribution in [0.2, 0.25) is 0 Å². The van der Waals surface area contributed by atoms with Gasteiger partial charge in [-0.05, 0) is 48.7 Å². The summed E-state index contributed by atoms with van der Waals surface area (Å²) in [4.78, 5) is 13.0. The maximum Gasteiger partial charge on any atom is 0.311 e. The first-order valence-corrected chi connectivity index (χ1v) is 17.9. The molecule has 6 heteroatoms. The van der Waals surface area contributed by atoms with Crippen molar-refractivity contribution in [2.75, 3.05) is 6.61 Å². The van der Waals surface area contributed by atoms with E-state index in [9.17, 15) is 9.90 Å². The van der Waals surface area contributed by atoms with Crippen LogP contribution in [0.15, 0.2) is 103 Å². The van der Waals surface area contributed by atoms with Gasteiger partial charge in [0.05, 0.1) is 6.61 Å². The van der Waals surface area contributed by atoms with E-state index in [1.165, 1.54) is 38.5 Å². The highest BCUT2D eigenvalue weighted by molar-refractivity contribution is 5.74. The molecule has 49 heavy (non-hydrogen) atoms. The molecule has 1 N–H and O–H groups in total. The zero-order valence-corrected chi connectivity index (χ0v) is 29.2. The van der Waals surface area contributed by atoms with E-state index in [-0.39, 0.29) is 5.97 Å². The van der Waals surface area contributed by atoms with Crippen LogP contribution in [0.5, 0.6) is 23.0 Å². The van der Waals surface area contributed by atoms with Crippen LogP contribution in [-0.2, 0) is 18.0 Å². The van der Waals surface area contributed by atoms with E-state index < -0.39 is 6.10 Å². The predicted octanol–water partition coefficient (Wildman–Crippen LogP) is 10.8. The molecule has 0 radical (unpaired) electrons. The third-order valence-corrected chi connectivity index (χ3v) is 8.25. The van der Waals surface area contributed by atoms with Crippen molar-refractivity contribution in [2.45, 2.75) is 97.4 Å². The fourth-order valence-electron chi connectivity index (χ4n) is 5.50. The second-order valence-corrected chi connectivity index (χ2v) is 12.2. The number of aliphatic hydroxyl groups excluding tert-OH is 1. The van der Waals surface area contributed by atoms with Gasteiger partial charge in [0.25, 0.3) is 0 Å². The molecule has 0 aliphatic heterocycles. The van der Waals surface area contributed by atoms with Gasteiger partial charge in [-0.1, -0.05) is 131 Å². The van der Waals surface area contributed by atoms with E-state index in [2.05, 4.69) is 6.92 Å². The molecule has 6 nitrogen and oxygen atoms in total. The van der Waals surface area contributed by atoms with Gasteiger partial charge in [-0.25, -0.2) is 0 Å². The van der Waals surface area contributed by atoms with Gasteiger partial charge >= 0.3 is 5.97 Å². The molecule has 0 aliphatic carbocycles. The molecular weight excluding hydrogens is 612 g/mol. The second-order valence-electron chi connectivity index (χ2n) is 12.2. The molecule has 0 fully saturated rings. The Morgan fingerprint density at radius 1 is 0.653 bits per heavy atom. The topological polar surface area (TPSA) is 74.2 Å². The molecule has 0 aliphatic rings. The Balaban J connectivity index is 1.44. The van der Waals surface area contributed by atoms with E-state index in [1.54, 1.807) is 24.3 Å². The van der Waals surface area contributed by atoms with Gasteiger partial charge in [0, 0.05) is 29.7 Å². The summed E-state index contributed by atoms with van der Waals surface area (Å²) in [5, 5.41) is 11.3. The Morgan fingerprint density at radius 2 is 1.22 bits per heavy atom. The first-order chi connectivity index (χ1) is 24.1. The van der Waals surface area contributed by atoms with Gasteiger partial charge in [0.1, 0.15) is 42.3 Å². The van der Waals surface area contributed by atoms with Crippen LogP contribution in [0.4, 0.5) is 0 Å². The second kappa shape index (κ2) is 21.4. The van der Waals surface area contributed by atoms with Crippen LogP contribution < -0.4 is 18.9 Å². The van der Waals surface area contributed by atoms with Crippen molar-refractivity contribution in [1.82, 2.24) is 0 Å². The van der Waals surface area contributed by atoms with Crippen LogP contribution in [0.3, 0.4) is 0 Å². The number of hydrogen-bond acceptors (Lipinski definition) is 6. The summed E-state index contributed by atoms with van der Waals surface area (Å²) in [6.45, 7) is 5.42. The SMILES string of the molecule is CCCCCCCCCCCC(=O)Oc1cc(OCc2ccccc2)ccc1C=CC(O)c1ccc(OCC)cc1OCc1ccccc1. The Morgan fingerprint density at radius 3 is 1.88 bits per heavy atom. The van der Waals surface area contributed by atoms with Gasteiger partial charge in [-0.3, -0.25) is 4.79 Å². The van der Waals surface area contributed by atoms with Crippen molar-refractivity contribution in [3.05, 3.63) is 125 Å². The molecule has 4 aromatic carbocycles. The monoisotopic (exact) mass is 664 g/mol. The number of ether oxygens (including phenoxy) is 4. The lowest BCUT2D eigenvalue weighted by molar-refractivity contribution is -0.134. The lowest BCUT2D eigenvalue weighted by Gasteiger charge is -2.16. The smallest absolute Gasteiger partial charge is 0.311 e. The molecular formula is C43H52O6. The largest absolute Gasteiger partial charge is 0.494 e. The molecule has 1 unspecified atom stereocenters. The van der Waals surface area contributed by atoms with Crippen molar-refractivity contribution < 1.29 is 28.8 Å². The normalized spacial score (nSPS) is 11.7. The quantitative estimate of drug-likeness (QED) is 0.0512. The average molecular weight is 665 g/mol. The van der Waals surface area contributed by atoms with E-state index in [1.807, 2.05) is 91.9 Å². The molecule has 4 aromatic rings.